The molecule has 1 aromatic carbocycles. The van der Waals surface area contributed by atoms with E-state index in [2.05, 4.69) is 20.8 Å². The van der Waals surface area contributed by atoms with Gasteiger partial charge in [-0.3, -0.25) is 13.7 Å². The number of anilines is 1. The van der Waals surface area contributed by atoms with E-state index in [1.807, 2.05) is 81.8 Å². The monoisotopic (exact) mass is 900 g/mol. The molecule has 0 saturated heterocycles. The zero-order valence-corrected chi connectivity index (χ0v) is 36.9. The van der Waals surface area contributed by atoms with E-state index < -0.39 is 46.9 Å². The predicted molar refractivity (Wildman–Crippen MR) is 224 cm³/mol. The zero-order chi connectivity index (χ0) is 42.1. The van der Waals surface area contributed by atoms with Gasteiger partial charge in [0, 0.05) is 36.2 Å². The van der Waals surface area contributed by atoms with Crippen LogP contribution in [-0.4, -0.2) is 68.5 Å². The third kappa shape index (κ3) is 12.7. The Kier molecular flexibility index (Phi) is 16.6. The van der Waals surface area contributed by atoms with Crippen LogP contribution in [0.1, 0.15) is 104 Å². The maximum atomic E-state index is 12.2. The van der Waals surface area contributed by atoms with Crippen LogP contribution in [0.25, 0.3) is 0 Å². The van der Waals surface area contributed by atoms with E-state index in [1.54, 1.807) is 13.0 Å². The largest absolute Gasteiger partial charge is 0.344 e. The Hall–Kier alpha value is -3.06. The second-order valence-corrected chi connectivity index (χ2v) is 20.0. The summed E-state index contributed by atoms with van der Waals surface area (Å²) in [7, 11) is -12.8. The summed E-state index contributed by atoms with van der Waals surface area (Å²) < 4.78 is 101. The lowest BCUT2D eigenvalue weighted by atomic mass is 9.77. The maximum absolute atomic E-state index is 12.2. The fourth-order valence-electron chi connectivity index (χ4n) is 7.05. The Morgan fingerprint density at radius 2 is 1.52 bits per heavy atom. The summed E-state index contributed by atoms with van der Waals surface area (Å²) in [4.78, 5) is 18.3. The highest BCUT2D eigenvalue weighted by Crippen LogP contribution is 2.51. The molecule has 2 aliphatic rings. The Balaban J connectivity index is 0.00000414. The topological polar surface area (TPSA) is 200 Å². The summed E-state index contributed by atoms with van der Waals surface area (Å²) >= 11 is 3.55. The van der Waals surface area contributed by atoms with E-state index in [9.17, 15) is 43.7 Å². The minimum Gasteiger partial charge on any atom is -0.344 e. The number of benzene rings is 1. The van der Waals surface area contributed by atoms with Crippen LogP contribution < -0.4 is 9.47 Å². The summed E-state index contributed by atoms with van der Waals surface area (Å²) in [6, 6.07) is 6.47. The Morgan fingerprint density at radius 3 is 2.14 bits per heavy atom. The number of aryl methyl sites for hydroxylation is 1. The molecule has 0 aliphatic carbocycles. The Morgan fingerprint density at radius 1 is 0.857 bits per heavy atom. The van der Waals surface area contributed by atoms with E-state index in [-0.39, 0.29) is 29.3 Å². The first-order valence-electron chi connectivity index (χ1n) is 18.7. The summed E-state index contributed by atoms with van der Waals surface area (Å²) in [5, 5.41) is 0. The van der Waals surface area contributed by atoms with Crippen molar-refractivity contribution in [3.05, 3.63) is 82.1 Å². The van der Waals surface area contributed by atoms with Crippen LogP contribution >= 0.6 is 15.9 Å². The molecule has 13 nitrogen and oxygen atoms in total. The normalized spacial score (nSPS) is 18.6. The number of nitrogens with zero attached hydrogens (tertiary/aromatic N) is 3. The lowest BCUT2D eigenvalue weighted by molar-refractivity contribution is -0.684. The molecule has 0 saturated carbocycles. The van der Waals surface area contributed by atoms with Crippen LogP contribution in [0.3, 0.4) is 0 Å². The SMILES string of the molecule is CC.CC(=O)CCCCCN1/C(=C/C=C/C=C/C2=Nc3c(cc(Br)c[n+]3CCCS(=O)(=O)O)C2(C)C)C(C)(CCCCS(=O)(=O)O)c2cc(S(=O)(=O)O)ccc21. The minimum absolute atomic E-state index is 0.120. The molecule has 0 fully saturated rings. The number of pyridine rings is 1. The van der Waals surface area contributed by atoms with Gasteiger partial charge in [0.15, 0.2) is 5.71 Å². The van der Waals surface area contributed by atoms with Gasteiger partial charge in [0.05, 0.1) is 38.4 Å². The first-order chi connectivity index (χ1) is 26.0. The van der Waals surface area contributed by atoms with Crippen LogP contribution in [0.15, 0.2) is 80.9 Å². The number of halogens is 1. The number of hydrogen-bond acceptors (Lipinski definition) is 9. The second kappa shape index (κ2) is 19.6. The molecule has 0 amide bonds. The van der Waals surface area contributed by atoms with Gasteiger partial charge in [-0.25, -0.2) is 4.57 Å². The molecule has 3 N–H and O–H groups in total. The molecular formula is C39H55BrN3O10S3+. The first-order valence-corrected chi connectivity index (χ1v) is 24.2. The third-order valence-corrected chi connectivity index (χ3v) is 12.8. The van der Waals surface area contributed by atoms with E-state index in [0.717, 1.165) is 46.4 Å². The van der Waals surface area contributed by atoms with Gasteiger partial charge < -0.3 is 9.69 Å². The number of ketones is 1. The molecule has 56 heavy (non-hydrogen) atoms. The highest BCUT2D eigenvalue weighted by atomic mass is 79.9. The number of aliphatic imine (C=N–C) groups is 1. The smallest absolute Gasteiger partial charge is 0.327 e. The lowest BCUT2D eigenvalue weighted by Gasteiger charge is -2.30. The first kappa shape index (κ1) is 47.3. The number of fused-ring (bicyclic) bond motifs is 2. The number of unbranched alkanes of at least 4 members (excludes halogenated alkanes) is 3. The molecule has 2 aromatic rings. The van der Waals surface area contributed by atoms with Crippen LogP contribution in [0.2, 0.25) is 0 Å². The van der Waals surface area contributed by atoms with Gasteiger partial charge in [-0.05, 0) is 116 Å². The fraction of sp³-hybridized carbons (Fsp3) is 0.513. The van der Waals surface area contributed by atoms with Gasteiger partial charge in [-0.1, -0.05) is 44.9 Å². The van der Waals surface area contributed by atoms with Crippen LogP contribution in [-0.2, 0) is 52.5 Å². The third-order valence-electron chi connectivity index (χ3n) is 9.89. The molecule has 2 aliphatic heterocycles. The van der Waals surface area contributed by atoms with E-state index in [4.69, 9.17) is 4.99 Å². The lowest BCUT2D eigenvalue weighted by Crippen LogP contribution is -2.36. The highest BCUT2D eigenvalue weighted by Gasteiger charge is 2.44. The highest BCUT2D eigenvalue weighted by molar-refractivity contribution is 9.10. The molecule has 3 heterocycles. The zero-order valence-electron chi connectivity index (χ0n) is 32.9. The van der Waals surface area contributed by atoms with Crippen LogP contribution in [0.5, 0.6) is 0 Å². The summed E-state index contributed by atoms with van der Waals surface area (Å²) in [5.74, 6) is 0.0424. The van der Waals surface area contributed by atoms with Crippen molar-refractivity contribution in [1.82, 2.24) is 0 Å². The number of carbonyl (C=O) groups excluding carboxylic acids is 1. The molecule has 4 rings (SSSR count). The average molecular weight is 902 g/mol. The molecule has 1 aromatic heterocycles. The van der Waals surface area contributed by atoms with Gasteiger partial charge in [0.1, 0.15) is 12.0 Å². The van der Waals surface area contributed by atoms with Crippen LogP contribution in [0, 0.1) is 0 Å². The molecule has 17 heteroatoms. The Bertz CT molecular complexity index is 2210. The molecule has 1 unspecified atom stereocenters. The Labute approximate surface area is 341 Å². The van der Waals surface area contributed by atoms with Crippen molar-refractivity contribution in [3.63, 3.8) is 0 Å². The summed E-state index contributed by atoms with van der Waals surface area (Å²) in [5.41, 5.74) is 2.72. The number of hydrogen-bond donors (Lipinski definition) is 3. The van der Waals surface area contributed by atoms with E-state index in [0.29, 0.717) is 43.7 Å². The van der Waals surface area contributed by atoms with Gasteiger partial charge in [-0.15, -0.1) is 0 Å². The fourth-order valence-corrected chi connectivity index (χ4v) is 9.10. The summed E-state index contributed by atoms with van der Waals surface area (Å²) in [6.07, 6.45) is 15.2. The van der Waals surface area contributed by atoms with E-state index >= 15 is 0 Å². The van der Waals surface area contributed by atoms with Crippen LogP contribution in [0.4, 0.5) is 11.5 Å². The quantitative estimate of drug-likeness (QED) is 0.0542. The van der Waals surface area contributed by atoms with Crippen molar-refractivity contribution in [1.29, 1.82) is 0 Å². The number of carbonyl (C=O) groups is 1. The molecule has 0 spiro atoms. The van der Waals surface area contributed by atoms with Crippen molar-refractivity contribution in [2.24, 2.45) is 4.99 Å². The summed E-state index contributed by atoms with van der Waals surface area (Å²) in [6.45, 7) is 12.5. The standard InChI is InChI=1S/C37H48BrN3O10S3.C2H6/c1-27(42)14-7-6-11-21-41-32-18-17-29(54(49,50)51)25-30(32)37(4,19-10-12-22-52(43,44)45)34(41)16-9-5-8-15-33-36(2,3)31-24-28(38)26-40(35(31)39-33)20-13-23-53(46,47)48;1-2/h5,8-9,15-18,24-26H,6-7,10-14,19-23H2,1-4H3,(H2-,43,44,45,46,47,48,49,50,51);1-2H3/p+1. The van der Waals surface area contributed by atoms with Gasteiger partial charge in [0.2, 0.25) is 0 Å². The second-order valence-electron chi connectivity index (χ2n) is 14.5. The van der Waals surface area contributed by atoms with Gasteiger partial charge in [0.25, 0.3) is 30.4 Å². The van der Waals surface area contributed by atoms with Crippen molar-refractivity contribution in [2.75, 3.05) is 23.0 Å². The predicted octanol–water partition coefficient (Wildman–Crippen LogP) is 7.63. The van der Waals surface area contributed by atoms with E-state index in [1.165, 1.54) is 12.1 Å². The number of Topliss-reactive ketones (excluding diaryl/α,β-unsaturated/α-hetero) is 1. The minimum atomic E-state index is -4.52. The molecule has 1 atom stereocenters. The van der Waals surface area contributed by atoms with Gasteiger partial charge >= 0.3 is 5.82 Å². The number of allylic oxidation sites excluding steroid dienone is 6. The average Bonchev–Trinajstić information content (AvgIpc) is 3.47. The number of aromatic nitrogens is 1. The van der Waals surface area contributed by atoms with Gasteiger partial charge in [-0.2, -0.15) is 25.3 Å². The molecule has 0 bridgehead atoms. The molecule has 310 valence electrons. The van der Waals surface area contributed by atoms with Crippen molar-refractivity contribution in [3.8, 4) is 0 Å². The van der Waals surface area contributed by atoms with Crippen molar-refractivity contribution in [2.45, 2.75) is 115 Å². The number of rotatable bonds is 19. The molecular weight excluding hydrogens is 847 g/mol. The van der Waals surface area contributed by atoms with Crippen molar-refractivity contribution >= 4 is 69.3 Å². The maximum Gasteiger partial charge on any atom is 0.327 e. The van der Waals surface area contributed by atoms with Crippen molar-refractivity contribution < 1.29 is 48.3 Å². The molecule has 0 radical (unpaired) electrons.